The second-order valence-electron chi connectivity index (χ2n) is 5.24. The molecule has 0 radical (unpaired) electrons. The Morgan fingerprint density at radius 1 is 1.17 bits per heavy atom. The number of hydrogen-bond acceptors (Lipinski definition) is 4. The average molecular weight is 311 g/mol. The van der Waals surface area contributed by atoms with Crippen LogP contribution < -0.4 is 5.43 Å². The molecule has 1 amide bonds. The van der Waals surface area contributed by atoms with Gasteiger partial charge in [0, 0.05) is 12.1 Å². The maximum atomic E-state index is 11.8. The van der Waals surface area contributed by atoms with Crippen molar-refractivity contribution in [2.45, 2.75) is 20.3 Å². The molecule has 23 heavy (non-hydrogen) atoms. The number of carbonyl (C=O) groups excluding carboxylic acids is 1. The fourth-order valence-electron chi connectivity index (χ4n) is 2.00. The minimum Gasteiger partial charge on any atom is -0.273 e. The molecule has 1 N–H and O–H groups in total. The van der Waals surface area contributed by atoms with E-state index in [1.165, 1.54) is 23.9 Å². The first-order valence-electron chi connectivity index (χ1n) is 7.08. The van der Waals surface area contributed by atoms with Gasteiger partial charge >= 0.3 is 0 Å². The maximum Gasteiger partial charge on any atom is 0.269 e. The maximum absolute atomic E-state index is 11.8. The molecule has 0 heterocycles. The lowest BCUT2D eigenvalue weighted by atomic mass is 10.0. The molecule has 2 aromatic carbocycles. The van der Waals surface area contributed by atoms with Gasteiger partial charge in [-0.15, -0.1) is 0 Å². The summed E-state index contributed by atoms with van der Waals surface area (Å²) in [5, 5.41) is 14.4. The molecule has 0 aliphatic rings. The number of rotatable bonds is 5. The summed E-state index contributed by atoms with van der Waals surface area (Å²) in [5.41, 5.74) is 6.39. The first-order valence-corrected chi connectivity index (χ1v) is 7.08. The second kappa shape index (κ2) is 7.31. The largest absolute Gasteiger partial charge is 0.273 e. The van der Waals surface area contributed by atoms with Crippen LogP contribution in [0.25, 0.3) is 0 Å². The van der Waals surface area contributed by atoms with E-state index in [0.717, 1.165) is 11.1 Å². The molecule has 0 aliphatic carbocycles. The van der Waals surface area contributed by atoms with Crippen molar-refractivity contribution in [3.63, 3.8) is 0 Å². The van der Waals surface area contributed by atoms with Crippen molar-refractivity contribution in [3.8, 4) is 0 Å². The first kappa shape index (κ1) is 16.4. The third kappa shape index (κ3) is 4.74. The summed E-state index contributed by atoms with van der Waals surface area (Å²) < 4.78 is 0. The van der Waals surface area contributed by atoms with Crippen LogP contribution in [0, 0.1) is 24.0 Å². The van der Waals surface area contributed by atoms with Gasteiger partial charge in [0.2, 0.25) is 5.91 Å². The molecule has 0 unspecified atom stereocenters. The molecular weight excluding hydrogens is 294 g/mol. The Hall–Kier alpha value is -3.02. The lowest BCUT2D eigenvalue weighted by molar-refractivity contribution is -0.384. The molecule has 118 valence electrons. The highest BCUT2D eigenvalue weighted by molar-refractivity contribution is 5.83. The smallest absolute Gasteiger partial charge is 0.269 e. The molecule has 0 aliphatic heterocycles. The van der Waals surface area contributed by atoms with Crippen LogP contribution in [0.4, 0.5) is 5.69 Å². The van der Waals surface area contributed by atoms with Crippen molar-refractivity contribution < 1.29 is 9.72 Å². The Bertz CT molecular complexity index is 752. The Morgan fingerprint density at radius 2 is 1.87 bits per heavy atom. The standard InChI is InChI=1S/C17H17N3O3/c1-12-3-4-15(9-13(12)2)10-17(21)19-18-11-14-5-7-16(8-6-14)20(22)23/h3-9,11H,10H2,1-2H3,(H,19,21)/b18-11-. The molecule has 2 aromatic rings. The highest BCUT2D eigenvalue weighted by Gasteiger charge is 2.04. The number of aryl methyl sites for hydroxylation is 2. The van der Waals surface area contributed by atoms with Crippen LogP contribution in [0.2, 0.25) is 0 Å². The van der Waals surface area contributed by atoms with Crippen molar-refractivity contribution >= 4 is 17.8 Å². The van der Waals surface area contributed by atoms with Gasteiger partial charge in [-0.1, -0.05) is 18.2 Å². The zero-order chi connectivity index (χ0) is 16.8. The number of nitro groups is 1. The summed E-state index contributed by atoms with van der Waals surface area (Å²) in [7, 11) is 0. The van der Waals surface area contributed by atoms with E-state index >= 15 is 0 Å². The van der Waals surface area contributed by atoms with E-state index in [4.69, 9.17) is 0 Å². The fourth-order valence-corrected chi connectivity index (χ4v) is 2.00. The molecule has 6 heteroatoms. The summed E-state index contributed by atoms with van der Waals surface area (Å²) in [4.78, 5) is 21.9. The number of hydrogen-bond donors (Lipinski definition) is 1. The molecule has 0 saturated heterocycles. The zero-order valence-corrected chi connectivity index (χ0v) is 12.9. The average Bonchev–Trinajstić information content (AvgIpc) is 2.51. The summed E-state index contributed by atoms with van der Waals surface area (Å²) >= 11 is 0. The van der Waals surface area contributed by atoms with Crippen molar-refractivity contribution in [3.05, 3.63) is 74.8 Å². The normalized spacial score (nSPS) is 10.7. The number of nitrogens with zero attached hydrogens (tertiary/aromatic N) is 2. The minimum atomic E-state index is -0.466. The van der Waals surface area contributed by atoms with Gasteiger partial charge in [0.1, 0.15) is 0 Å². The van der Waals surface area contributed by atoms with Gasteiger partial charge in [-0.05, 0) is 48.2 Å². The summed E-state index contributed by atoms with van der Waals surface area (Å²) in [6, 6.07) is 11.8. The van der Waals surface area contributed by atoms with Gasteiger partial charge in [-0.3, -0.25) is 14.9 Å². The van der Waals surface area contributed by atoms with Gasteiger partial charge < -0.3 is 0 Å². The predicted molar refractivity (Wildman–Crippen MR) is 88.5 cm³/mol. The highest BCUT2D eigenvalue weighted by Crippen LogP contribution is 2.11. The zero-order valence-electron chi connectivity index (χ0n) is 12.9. The molecular formula is C17H17N3O3. The van der Waals surface area contributed by atoms with Crippen LogP contribution in [-0.4, -0.2) is 17.0 Å². The third-order valence-electron chi connectivity index (χ3n) is 3.44. The minimum absolute atomic E-state index is 0.0147. The van der Waals surface area contributed by atoms with Gasteiger partial charge in [0.15, 0.2) is 0 Å². The van der Waals surface area contributed by atoms with E-state index in [9.17, 15) is 14.9 Å². The van der Waals surface area contributed by atoms with E-state index in [0.29, 0.717) is 5.56 Å². The van der Waals surface area contributed by atoms with E-state index in [2.05, 4.69) is 10.5 Å². The predicted octanol–water partition coefficient (Wildman–Crippen LogP) is 2.90. The Morgan fingerprint density at radius 3 is 2.48 bits per heavy atom. The molecule has 0 atom stereocenters. The fraction of sp³-hybridized carbons (Fsp3) is 0.176. The molecule has 2 rings (SSSR count). The van der Waals surface area contributed by atoms with Crippen LogP contribution in [0.5, 0.6) is 0 Å². The topological polar surface area (TPSA) is 84.6 Å². The van der Waals surface area contributed by atoms with Crippen LogP contribution in [0.1, 0.15) is 22.3 Å². The van der Waals surface area contributed by atoms with E-state index in [-0.39, 0.29) is 18.0 Å². The summed E-state index contributed by atoms with van der Waals surface area (Å²) in [5.74, 6) is -0.216. The lowest BCUT2D eigenvalue weighted by Gasteiger charge is -2.04. The monoisotopic (exact) mass is 311 g/mol. The molecule has 0 bridgehead atoms. The number of non-ortho nitro benzene ring substituents is 1. The van der Waals surface area contributed by atoms with Crippen LogP contribution in [0.15, 0.2) is 47.6 Å². The van der Waals surface area contributed by atoms with Crippen LogP contribution in [-0.2, 0) is 11.2 Å². The number of benzene rings is 2. The van der Waals surface area contributed by atoms with Crippen LogP contribution in [0.3, 0.4) is 0 Å². The number of amides is 1. The van der Waals surface area contributed by atoms with Gasteiger partial charge in [0.25, 0.3) is 5.69 Å². The SMILES string of the molecule is Cc1ccc(CC(=O)N/N=C\c2ccc([N+](=O)[O-])cc2)cc1C. The van der Waals surface area contributed by atoms with Gasteiger partial charge in [-0.25, -0.2) is 5.43 Å². The lowest BCUT2D eigenvalue weighted by Crippen LogP contribution is -2.19. The number of carbonyl (C=O) groups is 1. The Labute approximate surface area is 134 Å². The third-order valence-corrected chi connectivity index (χ3v) is 3.44. The Kier molecular flexibility index (Phi) is 5.19. The second-order valence-corrected chi connectivity index (χ2v) is 5.24. The van der Waals surface area contributed by atoms with Crippen molar-refractivity contribution in [2.75, 3.05) is 0 Å². The van der Waals surface area contributed by atoms with E-state index in [1.54, 1.807) is 12.1 Å². The quantitative estimate of drug-likeness (QED) is 0.523. The highest BCUT2D eigenvalue weighted by atomic mass is 16.6. The molecule has 0 fully saturated rings. The summed E-state index contributed by atoms with van der Waals surface area (Å²) in [6.45, 7) is 4.02. The number of nitro benzene ring substituents is 1. The number of nitrogens with one attached hydrogen (secondary N) is 1. The number of hydrazone groups is 1. The van der Waals surface area contributed by atoms with E-state index < -0.39 is 4.92 Å². The van der Waals surface area contributed by atoms with Crippen molar-refractivity contribution in [1.82, 2.24) is 5.43 Å². The molecule has 6 nitrogen and oxygen atoms in total. The van der Waals surface area contributed by atoms with E-state index in [1.807, 2.05) is 32.0 Å². The van der Waals surface area contributed by atoms with Crippen molar-refractivity contribution in [1.29, 1.82) is 0 Å². The molecule has 0 aromatic heterocycles. The van der Waals surface area contributed by atoms with Crippen LogP contribution >= 0.6 is 0 Å². The Balaban J connectivity index is 1.90. The van der Waals surface area contributed by atoms with Gasteiger partial charge in [0.05, 0.1) is 17.6 Å². The first-order chi connectivity index (χ1) is 11.0. The summed E-state index contributed by atoms with van der Waals surface area (Å²) in [6.07, 6.45) is 1.70. The molecule has 0 spiro atoms. The van der Waals surface area contributed by atoms with Crippen molar-refractivity contribution in [2.24, 2.45) is 5.10 Å². The van der Waals surface area contributed by atoms with Gasteiger partial charge in [-0.2, -0.15) is 5.10 Å². The molecule has 0 saturated carbocycles.